The van der Waals surface area contributed by atoms with E-state index in [1.807, 2.05) is 41.3 Å². The highest BCUT2D eigenvalue weighted by Crippen LogP contribution is 2.23. The lowest BCUT2D eigenvalue weighted by molar-refractivity contribution is -0.117. The molecule has 0 aromatic heterocycles. The fraction of sp³-hybridized carbons (Fsp3) is 0.217. The van der Waals surface area contributed by atoms with Gasteiger partial charge in [-0.3, -0.25) is 9.69 Å². The Balaban J connectivity index is 1.35. The molecule has 1 N–H and O–H groups in total. The molecule has 7 nitrogen and oxygen atoms in total. The summed E-state index contributed by atoms with van der Waals surface area (Å²) in [5.41, 5.74) is 1.16. The second-order valence-corrected chi connectivity index (χ2v) is 9.36. The minimum absolute atomic E-state index is 0.171. The van der Waals surface area contributed by atoms with Crippen molar-refractivity contribution in [1.82, 2.24) is 9.21 Å². The van der Waals surface area contributed by atoms with Crippen molar-refractivity contribution in [1.29, 1.82) is 5.26 Å². The molecule has 1 saturated heterocycles. The van der Waals surface area contributed by atoms with Crippen LogP contribution in [0, 0.1) is 11.3 Å². The van der Waals surface area contributed by atoms with Gasteiger partial charge in [-0.1, -0.05) is 30.3 Å². The van der Waals surface area contributed by atoms with E-state index in [1.54, 1.807) is 36.4 Å². The van der Waals surface area contributed by atoms with Crippen molar-refractivity contribution < 1.29 is 13.2 Å². The molecule has 0 bridgehead atoms. The lowest BCUT2D eigenvalue weighted by atomic mass is 10.1. The van der Waals surface area contributed by atoms with E-state index in [1.165, 1.54) is 4.31 Å². The zero-order valence-electron chi connectivity index (χ0n) is 16.9. The van der Waals surface area contributed by atoms with E-state index in [9.17, 15) is 13.2 Å². The van der Waals surface area contributed by atoms with E-state index in [0.717, 1.165) is 10.8 Å². The number of nitrogens with zero attached hydrogens (tertiary/aromatic N) is 3. The first-order valence-electron chi connectivity index (χ1n) is 9.97. The van der Waals surface area contributed by atoms with Gasteiger partial charge in [-0.15, -0.1) is 0 Å². The van der Waals surface area contributed by atoms with Gasteiger partial charge in [-0.25, -0.2) is 8.42 Å². The second-order valence-electron chi connectivity index (χ2n) is 7.43. The molecular formula is C23H22N4O3S. The number of hydrogen-bond donors (Lipinski definition) is 1. The van der Waals surface area contributed by atoms with Gasteiger partial charge in [0, 0.05) is 31.9 Å². The number of nitriles is 1. The Morgan fingerprint density at radius 2 is 1.61 bits per heavy atom. The molecule has 4 rings (SSSR count). The van der Waals surface area contributed by atoms with Gasteiger partial charge in [0.2, 0.25) is 15.9 Å². The zero-order valence-corrected chi connectivity index (χ0v) is 17.7. The van der Waals surface area contributed by atoms with Crippen LogP contribution in [0.3, 0.4) is 0 Å². The molecule has 1 aliphatic rings. The summed E-state index contributed by atoms with van der Waals surface area (Å²) >= 11 is 0. The smallest absolute Gasteiger partial charge is 0.243 e. The van der Waals surface area contributed by atoms with Crippen LogP contribution in [0.25, 0.3) is 10.8 Å². The molecule has 31 heavy (non-hydrogen) atoms. The van der Waals surface area contributed by atoms with Crippen molar-refractivity contribution in [2.45, 2.75) is 4.90 Å². The number of piperazine rings is 1. The first-order valence-corrected chi connectivity index (χ1v) is 11.4. The van der Waals surface area contributed by atoms with Gasteiger partial charge in [-0.05, 0) is 47.2 Å². The number of sulfonamides is 1. The van der Waals surface area contributed by atoms with Crippen LogP contribution < -0.4 is 5.32 Å². The van der Waals surface area contributed by atoms with E-state index in [4.69, 9.17) is 5.26 Å². The van der Waals surface area contributed by atoms with Crippen molar-refractivity contribution in [3.05, 3.63) is 72.3 Å². The molecule has 0 atom stereocenters. The molecule has 1 fully saturated rings. The summed E-state index contributed by atoms with van der Waals surface area (Å²) in [5.74, 6) is -0.171. The number of hydrogen-bond acceptors (Lipinski definition) is 5. The Morgan fingerprint density at radius 3 is 2.29 bits per heavy atom. The fourth-order valence-electron chi connectivity index (χ4n) is 3.64. The van der Waals surface area contributed by atoms with Gasteiger partial charge in [0.15, 0.2) is 0 Å². The van der Waals surface area contributed by atoms with Crippen LogP contribution in [0.15, 0.2) is 71.6 Å². The fourth-order valence-corrected chi connectivity index (χ4v) is 5.09. The maximum absolute atomic E-state index is 13.1. The summed E-state index contributed by atoms with van der Waals surface area (Å²) in [7, 11) is -3.58. The lowest BCUT2D eigenvalue weighted by Crippen LogP contribution is -2.50. The van der Waals surface area contributed by atoms with Gasteiger partial charge in [-0.2, -0.15) is 9.57 Å². The number of anilines is 1. The predicted octanol–water partition coefficient (Wildman–Crippen LogP) is 2.66. The first-order chi connectivity index (χ1) is 15.0. The monoisotopic (exact) mass is 434 g/mol. The van der Waals surface area contributed by atoms with Crippen LogP contribution >= 0.6 is 0 Å². The summed E-state index contributed by atoms with van der Waals surface area (Å²) in [4.78, 5) is 14.5. The number of carbonyl (C=O) groups is 1. The van der Waals surface area contributed by atoms with Crippen LogP contribution in [0.1, 0.15) is 5.56 Å². The van der Waals surface area contributed by atoms with Crippen LogP contribution in [0.5, 0.6) is 0 Å². The van der Waals surface area contributed by atoms with Gasteiger partial charge in [0.25, 0.3) is 0 Å². The average molecular weight is 435 g/mol. The Kier molecular flexibility index (Phi) is 6.00. The van der Waals surface area contributed by atoms with Crippen LogP contribution in [-0.2, 0) is 14.8 Å². The summed E-state index contributed by atoms with van der Waals surface area (Å²) in [6, 6.07) is 21.5. The SMILES string of the molecule is N#Cc1ccc(NC(=O)CN2CCN(S(=O)(=O)c3ccc4ccccc4c3)CC2)cc1. The lowest BCUT2D eigenvalue weighted by Gasteiger charge is -2.33. The highest BCUT2D eigenvalue weighted by atomic mass is 32.2. The third-order valence-corrected chi connectivity index (χ3v) is 7.25. The molecule has 0 spiro atoms. The van der Waals surface area contributed by atoms with Crippen LogP contribution in [0.2, 0.25) is 0 Å². The molecule has 0 radical (unpaired) electrons. The summed E-state index contributed by atoms with van der Waals surface area (Å²) in [6.45, 7) is 1.81. The van der Waals surface area contributed by atoms with Gasteiger partial charge < -0.3 is 5.32 Å². The number of carbonyl (C=O) groups excluding carboxylic acids is 1. The van der Waals surface area contributed by atoms with Gasteiger partial charge in [0.1, 0.15) is 0 Å². The second kappa shape index (κ2) is 8.86. The minimum Gasteiger partial charge on any atom is -0.325 e. The van der Waals surface area contributed by atoms with Crippen molar-refractivity contribution in [2.75, 3.05) is 38.0 Å². The van der Waals surface area contributed by atoms with Gasteiger partial charge in [0.05, 0.1) is 23.1 Å². The quantitative estimate of drug-likeness (QED) is 0.666. The molecule has 158 valence electrons. The van der Waals surface area contributed by atoms with Crippen molar-refractivity contribution in [3.63, 3.8) is 0 Å². The molecule has 0 unspecified atom stereocenters. The average Bonchev–Trinajstić information content (AvgIpc) is 2.79. The number of nitrogens with one attached hydrogen (secondary N) is 1. The molecule has 3 aromatic carbocycles. The highest BCUT2D eigenvalue weighted by molar-refractivity contribution is 7.89. The Bertz CT molecular complexity index is 1240. The van der Waals surface area contributed by atoms with Gasteiger partial charge >= 0.3 is 0 Å². The van der Waals surface area contributed by atoms with Crippen LogP contribution in [-0.4, -0.2) is 56.3 Å². The Labute approximate surface area is 181 Å². The molecule has 8 heteroatoms. The van der Waals surface area contributed by atoms with Crippen molar-refractivity contribution in [2.24, 2.45) is 0 Å². The topological polar surface area (TPSA) is 93.5 Å². The molecule has 1 aliphatic heterocycles. The standard InChI is InChI=1S/C23H22N4O3S/c24-16-18-5-8-21(9-6-18)25-23(28)17-26-11-13-27(14-12-26)31(29,30)22-10-7-19-3-1-2-4-20(19)15-22/h1-10,15H,11-14,17H2,(H,25,28). The maximum atomic E-state index is 13.1. The Hall–Kier alpha value is -3.25. The normalized spacial score (nSPS) is 15.5. The molecule has 1 amide bonds. The molecule has 0 saturated carbocycles. The first kappa shape index (κ1) is 21.0. The highest BCUT2D eigenvalue weighted by Gasteiger charge is 2.29. The number of rotatable bonds is 5. The maximum Gasteiger partial charge on any atom is 0.243 e. The third-order valence-electron chi connectivity index (χ3n) is 5.35. The molecular weight excluding hydrogens is 412 g/mol. The van der Waals surface area contributed by atoms with E-state index in [2.05, 4.69) is 5.32 Å². The number of benzene rings is 3. The summed E-state index contributed by atoms with van der Waals surface area (Å²) < 4.78 is 27.6. The molecule has 0 aliphatic carbocycles. The number of fused-ring (bicyclic) bond motifs is 1. The summed E-state index contributed by atoms with van der Waals surface area (Å²) in [5, 5.41) is 13.5. The Morgan fingerprint density at radius 1 is 0.935 bits per heavy atom. The van der Waals surface area contributed by atoms with E-state index in [0.29, 0.717) is 42.3 Å². The number of amides is 1. The van der Waals surface area contributed by atoms with Crippen LogP contribution in [0.4, 0.5) is 5.69 Å². The van der Waals surface area contributed by atoms with Crippen molar-refractivity contribution >= 4 is 32.4 Å². The molecule has 3 aromatic rings. The largest absolute Gasteiger partial charge is 0.325 e. The van der Waals surface area contributed by atoms with E-state index < -0.39 is 10.0 Å². The predicted molar refractivity (Wildman–Crippen MR) is 119 cm³/mol. The molecule has 1 heterocycles. The summed E-state index contributed by atoms with van der Waals surface area (Å²) in [6.07, 6.45) is 0. The third kappa shape index (κ3) is 4.75. The minimum atomic E-state index is -3.58. The van der Waals surface area contributed by atoms with E-state index >= 15 is 0 Å². The van der Waals surface area contributed by atoms with Crippen molar-refractivity contribution in [3.8, 4) is 6.07 Å². The zero-order chi connectivity index (χ0) is 21.8. The van der Waals surface area contributed by atoms with E-state index in [-0.39, 0.29) is 12.5 Å².